The van der Waals surface area contributed by atoms with Gasteiger partial charge in [-0.15, -0.1) is 0 Å². The van der Waals surface area contributed by atoms with Crippen molar-refractivity contribution < 1.29 is 9.53 Å². The van der Waals surface area contributed by atoms with Crippen molar-refractivity contribution in [3.8, 4) is 5.75 Å². The monoisotopic (exact) mass is 283 g/mol. The number of carbonyl (C=O) groups is 1. The van der Waals surface area contributed by atoms with Gasteiger partial charge in [0.2, 0.25) is 0 Å². The highest BCUT2D eigenvalue weighted by molar-refractivity contribution is 6.06. The highest BCUT2D eigenvalue weighted by Gasteiger charge is 2.23. The first-order valence-corrected chi connectivity index (χ1v) is 6.97. The molecule has 0 unspecified atom stereocenters. The zero-order valence-corrected chi connectivity index (χ0v) is 11.6. The molecule has 0 aliphatic heterocycles. The lowest BCUT2D eigenvalue weighted by molar-refractivity contribution is 0.102. The number of nitrogens with zero attached hydrogens (tertiary/aromatic N) is 1. The van der Waals surface area contributed by atoms with Crippen molar-refractivity contribution in [2.75, 3.05) is 17.7 Å². The minimum atomic E-state index is -0.215. The molecule has 1 heterocycles. The van der Waals surface area contributed by atoms with Crippen LogP contribution in [0.4, 0.5) is 11.5 Å². The normalized spacial score (nSPS) is 13.7. The van der Waals surface area contributed by atoms with Crippen LogP contribution in [0.2, 0.25) is 0 Å². The number of hydrogen-bond acceptors (Lipinski definition) is 4. The average Bonchev–Trinajstić information content (AvgIpc) is 3.32. The van der Waals surface area contributed by atoms with Gasteiger partial charge in [-0.2, -0.15) is 0 Å². The topological polar surface area (TPSA) is 77.2 Å². The lowest BCUT2D eigenvalue weighted by atomic mass is 10.2. The van der Waals surface area contributed by atoms with E-state index in [1.165, 1.54) is 19.0 Å². The Morgan fingerprint density at radius 2 is 2.10 bits per heavy atom. The Balaban J connectivity index is 1.72. The lowest BCUT2D eigenvalue weighted by Crippen LogP contribution is -2.14. The van der Waals surface area contributed by atoms with Crippen LogP contribution in [0, 0.1) is 5.92 Å². The molecule has 1 amide bonds. The van der Waals surface area contributed by atoms with E-state index in [-0.39, 0.29) is 5.91 Å². The third-order valence-electron chi connectivity index (χ3n) is 3.35. The van der Waals surface area contributed by atoms with E-state index >= 15 is 0 Å². The van der Waals surface area contributed by atoms with Crippen LogP contribution in [0.5, 0.6) is 5.75 Å². The van der Waals surface area contributed by atoms with Crippen molar-refractivity contribution >= 4 is 17.4 Å². The molecule has 0 radical (unpaired) electrons. The largest absolute Gasteiger partial charge is 0.492 e. The number of carbonyl (C=O) groups excluding carboxylic acids is 1. The van der Waals surface area contributed by atoms with Gasteiger partial charge in [-0.25, -0.2) is 4.98 Å². The fourth-order valence-electron chi connectivity index (χ4n) is 1.95. The maximum absolute atomic E-state index is 12.3. The van der Waals surface area contributed by atoms with E-state index in [0.717, 1.165) is 0 Å². The average molecular weight is 283 g/mol. The summed E-state index contributed by atoms with van der Waals surface area (Å²) in [5.74, 6) is 1.46. The summed E-state index contributed by atoms with van der Waals surface area (Å²) in [5.41, 5.74) is 6.65. The van der Waals surface area contributed by atoms with E-state index in [1.54, 1.807) is 18.2 Å². The van der Waals surface area contributed by atoms with Gasteiger partial charge in [-0.05, 0) is 43.0 Å². The van der Waals surface area contributed by atoms with E-state index in [0.29, 0.717) is 35.3 Å². The molecule has 1 aromatic heterocycles. The van der Waals surface area contributed by atoms with Crippen LogP contribution in [-0.2, 0) is 0 Å². The molecule has 0 spiro atoms. The highest BCUT2D eigenvalue weighted by atomic mass is 16.5. The second kappa shape index (κ2) is 5.83. The van der Waals surface area contributed by atoms with E-state index < -0.39 is 0 Å². The van der Waals surface area contributed by atoms with Gasteiger partial charge in [0.1, 0.15) is 11.6 Å². The Kier molecular flexibility index (Phi) is 3.73. The van der Waals surface area contributed by atoms with Crippen molar-refractivity contribution in [1.29, 1.82) is 0 Å². The van der Waals surface area contributed by atoms with Gasteiger partial charge in [0, 0.05) is 0 Å². The predicted molar refractivity (Wildman–Crippen MR) is 81.3 cm³/mol. The van der Waals surface area contributed by atoms with Crippen LogP contribution in [0.15, 0.2) is 42.6 Å². The maximum atomic E-state index is 12.3. The Bertz CT molecular complexity index is 636. The number of nitrogen functional groups attached to an aromatic ring is 1. The Morgan fingerprint density at radius 1 is 1.29 bits per heavy atom. The molecule has 3 N–H and O–H groups in total. The van der Waals surface area contributed by atoms with E-state index in [9.17, 15) is 4.79 Å². The second-order valence-electron chi connectivity index (χ2n) is 5.18. The fourth-order valence-corrected chi connectivity index (χ4v) is 1.95. The number of hydrogen-bond donors (Lipinski definition) is 2. The molecule has 108 valence electrons. The summed E-state index contributed by atoms with van der Waals surface area (Å²) < 4.78 is 5.74. The molecule has 1 aliphatic carbocycles. The molecule has 1 aromatic carbocycles. The van der Waals surface area contributed by atoms with Crippen molar-refractivity contribution in [2.24, 2.45) is 5.92 Å². The molecular formula is C16H17N3O2. The number of nitrogens with one attached hydrogen (secondary N) is 1. The smallest absolute Gasteiger partial charge is 0.259 e. The standard InChI is InChI=1S/C16H17N3O2/c17-15-8-7-12(9-18-15)19-16(20)13-3-1-2-4-14(13)21-10-11-5-6-11/h1-4,7-9,11H,5-6,10H2,(H2,17,18)(H,19,20). The van der Waals surface area contributed by atoms with Crippen LogP contribution in [-0.4, -0.2) is 17.5 Å². The van der Waals surface area contributed by atoms with Crippen molar-refractivity contribution in [3.05, 3.63) is 48.2 Å². The molecule has 21 heavy (non-hydrogen) atoms. The van der Waals surface area contributed by atoms with Gasteiger partial charge in [-0.3, -0.25) is 4.79 Å². The summed E-state index contributed by atoms with van der Waals surface area (Å²) in [6.45, 7) is 0.674. The third kappa shape index (κ3) is 3.51. The number of amides is 1. The molecule has 2 aromatic rings. The number of ether oxygens (including phenoxy) is 1. The molecule has 1 fully saturated rings. The van der Waals surface area contributed by atoms with Crippen LogP contribution < -0.4 is 15.8 Å². The van der Waals surface area contributed by atoms with Gasteiger partial charge in [0.15, 0.2) is 0 Å². The molecule has 5 heteroatoms. The van der Waals surface area contributed by atoms with Crippen molar-refractivity contribution in [3.63, 3.8) is 0 Å². The van der Waals surface area contributed by atoms with Crippen LogP contribution in [0.3, 0.4) is 0 Å². The Morgan fingerprint density at radius 3 is 2.81 bits per heavy atom. The quantitative estimate of drug-likeness (QED) is 0.884. The molecule has 0 atom stereocenters. The SMILES string of the molecule is Nc1ccc(NC(=O)c2ccccc2OCC2CC2)cn1. The third-order valence-corrected chi connectivity index (χ3v) is 3.35. The number of rotatable bonds is 5. The summed E-state index contributed by atoms with van der Waals surface area (Å²) in [5, 5.41) is 2.79. The fraction of sp³-hybridized carbons (Fsp3) is 0.250. The number of para-hydroxylation sites is 1. The number of pyridine rings is 1. The van der Waals surface area contributed by atoms with Gasteiger partial charge in [0.25, 0.3) is 5.91 Å². The second-order valence-corrected chi connectivity index (χ2v) is 5.18. The van der Waals surface area contributed by atoms with Gasteiger partial charge < -0.3 is 15.8 Å². The van der Waals surface area contributed by atoms with Crippen LogP contribution >= 0.6 is 0 Å². The molecule has 1 aliphatic rings. The maximum Gasteiger partial charge on any atom is 0.259 e. The van der Waals surface area contributed by atoms with Gasteiger partial charge in [0.05, 0.1) is 24.1 Å². The molecular weight excluding hydrogens is 266 g/mol. The number of benzene rings is 1. The van der Waals surface area contributed by atoms with Crippen molar-refractivity contribution in [2.45, 2.75) is 12.8 Å². The summed E-state index contributed by atoms with van der Waals surface area (Å²) in [7, 11) is 0. The van der Waals surface area contributed by atoms with E-state index in [2.05, 4.69) is 10.3 Å². The minimum absolute atomic E-state index is 0.215. The zero-order chi connectivity index (χ0) is 14.7. The van der Waals surface area contributed by atoms with Gasteiger partial charge >= 0.3 is 0 Å². The predicted octanol–water partition coefficient (Wildman–Crippen LogP) is 2.70. The summed E-state index contributed by atoms with van der Waals surface area (Å²) >= 11 is 0. The summed E-state index contributed by atoms with van der Waals surface area (Å²) in [6.07, 6.45) is 3.96. The number of aromatic nitrogens is 1. The first-order valence-electron chi connectivity index (χ1n) is 6.97. The Labute approximate surface area is 123 Å². The summed E-state index contributed by atoms with van der Waals surface area (Å²) in [6, 6.07) is 10.6. The van der Waals surface area contributed by atoms with Crippen LogP contribution in [0.1, 0.15) is 23.2 Å². The lowest BCUT2D eigenvalue weighted by Gasteiger charge is -2.11. The molecule has 0 saturated heterocycles. The minimum Gasteiger partial charge on any atom is -0.492 e. The van der Waals surface area contributed by atoms with E-state index in [1.807, 2.05) is 18.2 Å². The number of anilines is 2. The highest BCUT2D eigenvalue weighted by Crippen LogP contribution is 2.30. The van der Waals surface area contributed by atoms with Crippen molar-refractivity contribution in [1.82, 2.24) is 4.98 Å². The zero-order valence-electron chi connectivity index (χ0n) is 11.6. The first kappa shape index (κ1) is 13.4. The van der Waals surface area contributed by atoms with E-state index in [4.69, 9.17) is 10.5 Å². The molecule has 1 saturated carbocycles. The molecule has 0 bridgehead atoms. The van der Waals surface area contributed by atoms with Gasteiger partial charge in [-0.1, -0.05) is 12.1 Å². The van der Waals surface area contributed by atoms with Crippen LogP contribution in [0.25, 0.3) is 0 Å². The Hall–Kier alpha value is -2.56. The molecule has 5 nitrogen and oxygen atoms in total. The number of nitrogens with two attached hydrogens (primary N) is 1. The molecule has 3 rings (SSSR count). The first-order chi connectivity index (χ1) is 10.2. The summed E-state index contributed by atoms with van der Waals surface area (Å²) in [4.78, 5) is 16.3.